The first kappa shape index (κ1) is 65.6. The van der Waals surface area contributed by atoms with Gasteiger partial charge in [-0.05, 0) is 124 Å². The predicted octanol–water partition coefficient (Wildman–Crippen LogP) is 17.7. The van der Waals surface area contributed by atoms with Crippen LogP contribution < -0.4 is 19.7 Å². The molecule has 2 unspecified atom stereocenters. The van der Waals surface area contributed by atoms with Crippen molar-refractivity contribution in [3.05, 3.63) is 186 Å². The van der Waals surface area contributed by atoms with Gasteiger partial charge < -0.3 is 19.7 Å². The summed E-state index contributed by atoms with van der Waals surface area (Å²) in [5.74, 6) is -5.21. The molecule has 0 radical (unpaired) electrons. The number of amides is 1. The first-order valence-corrected chi connectivity index (χ1v) is 26.8. The lowest BCUT2D eigenvalue weighted by molar-refractivity contribution is -0.229. The van der Waals surface area contributed by atoms with Crippen LogP contribution in [0.15, 0.2) is 130 Å². The third-order valence-corrected chi connectivity index (χ3v) is 14.7. The van der Waals surface area contributed by atoms with E-state index in [1.54, 1.807) is 54.6 Å². The molecule has 0 aliphatic heterocycles. The number of benzene rings is 6. The fourth-order valence-corrected chi connectivity index (χ4v) is 9.20. The number of alkyl halides is 12. The number of anilines is 2. The predicted molar refractivity (Wildman–Crippen MR) is 288 cm³/mol. The topological polar surface area (TPSA) is 102 Å². The van der Waals surface area contributed by atoms with Crippen LogP contribution >= 0.6 is 43.5 Å². The highest BCUT2D eigenvalue weighted by molar-refractivity contribution is 9.10. The minimum atomic E-state index is -5.38. The van der Waals surface area contributed by atoms with Crippen molar-refractivity contribution < 1.29 is 90.1 Å². The molecule has 0 spiro atoms. The van der Waals surface area contributed by atoms with Gasteiger partial charge in [0.1, 0.15) is 11.5 Å². The number of ketones is 2. The molecule has 8 rings (SSSR count). The zero-order chi connectivity index (χ0) is 61.4. The Bertz CT molecular complexity index is 3290. The maximum absolute atomic E-state index is 15.8. The summed E-state index contributed by atoms with van der Waals surface area (Å²) in [5.41, 5.74) is -10.4. The van der Waals surface area contributed by atoms with Crippen LogP contribution in [0, 0.1) is 23.5 Å². The number of carbonyl (C=O) groups excluding carboxylic acids is 4. The van der Waals surface area contributed by atoms with Crippen molar-refractivity contribution in [3.63, 3.8) is 0 Å². The number of nitrogens with one attached hydrogen (secondary N) is 1. The number of ether oxygens (including phenoxy) is 2. The molecule has 0 bridgehead atoms. The normalized spacial score (nSPS) is 14.7. The molecular formula is C58H47Br2ClF14N2O6. The van der Waals surface area contributed by atoms with Crippen LogP contribution in [0.5, 0.6) is 11.5 Å². The smallest absolute Gasteiger partial charge is 0.426 e. The lowest BCUT2D eigenvalue weighted by atomic mass is 9.93. The molecule has 0 heterocycles. The van der Waals surface area contributed by atoms with Gasteiger partial charge in [-0.1, -0.05) is 92.5 Å². The van der Waals surface area contributed by atoms with Gasteiger partial charge in [0.15, 0.2) is 23.2 Å². The molecule has 2 aliphatic rings. The molecule has 2 saturated carbocycles. The number of halogens is 17. The summed E-state index contributed by atoms with van der Waals surface area (Å²) < 4.78 is 199. The zero-order valence-electron chi connectivity index (χ0n) is 43.3. The van der Waals surface area contributed by atoms with Crippen molar-refractivity contribution in [2.75, 3.05) is 23.3 Å². The summed E-state index contributed by atoms with van der Waals surface area (Å²) in [4.78, 5) is 51.0. The van der Waals surface area contributed by atoms with Gasteiger partial charge in [0.2, 0.25) is 11.3 Å². The van der Waals surface area contributed by atoms with E-state index in [4.69, 9.17) is 11.6 Å². The van der Waals surface area contributed by atoms with E-state index in [9.17, 15) is 76.3 Å². The first-order chi connectivity index (χ1) is 38.8. The lowest BCUT2D eigenvalue weighted by Crippen LogP contribution is -2.35. The zero-order valence-corrected chi connectivity index (χ0v) is 47.3. The molecule has 1 amide bonds. The Kier molecular flexibility index (Phi) is 21.7. The number of rotatable bonds is 20. The van der Waals surface area contributed by atoms with Crippen LogP contribution in [0.4, 0.5) is 72.8 Å². The summed E-state index contributed by atoms with van der Waals surface area (Å²) in [6.07, 6.45) is -8.42. The largest absolute Gasteiger partial charge is 0.434 e. The number of Topliss-reactive ketones (excluding diaryl/α,β-unsaturated/α-hetero) is 2. The molecule has 1 N–H and O–H groups in total. The molecule has 0 aromatic heterocycles. The minimum absolute atomic E-state index is 0.101. The van der Waals surface area contributed by atoms with E-state index < -0.39 is 112 Å². The summed E-state index contributed by atoms with van der Waals surface area (Å²) >= 11 is 11.0. The third-order valence-electron chi connectivity index (χ3n) is 13.1. The van der Waals surface area contributed by atoms with Crippen LogP contribution in [-0.4, -0.2) is 61.4 Å². The molecule has 444 valence electrons. The third kappa shape index (κ3) is 17.1. The van der Waals surface area contributed by atoms with Crippen molar-refractivity contribution in [1.29, 1.82) is 0 Å². The maximum atomic E-state index is 15.8. The van der Waals surface area contributed by atoms with Gasteiger partial charge in [-0.3, -0.25) is 19.2 Å². The molecule has 2 fully saturated rings. The molecule has 25 heteroatoms. The Morgan fingerprint density at radius 2 is 1.01 bits per heavy atom. The van der Waals surface area contributed by atoms with Crippen LogP contribution in [0.2, 0.25) is 0 Å². The number of carbonyl (C=O) groups is 4. The standard InChI is InChI=1S/C29H23BrF7NO3.C22H19BrF7NO2.C7H5ClO/c1-28(34,29(35,36)37)18-12-21(30)20(24(13-18)41-27(32)33)14-23(39)19-8-5-9-22(25(19)31)38(15-16-10-11-16)26(40)17-6-3-2-4-7-17;1-21(27,22(28,29)30)12-7-15(23)14(18(8-12)33-20(25)26)9-17(32)13-3-2-4-16(19(13)24)31-10-11-5-6-11;8-7(9)6-4-2-1-3-5-6/h2-9,12-13,16,27H,10-11,14-15H2,1H3;2-4,7-8,11,20,31H,5-6,9-10H2,1H3;1-5H. The molecule has 2 aliphatic carbocycles. The summed E-state index contributed by atoms with van der Waals surface area (Å²) in [7, 11) is 0. The molecule has 6 aromatic carbocycles. The van der Waals surface area contributed by atoms with Crippen molar-refractivity contribution in [2.45, 2.75) is 89.3 Å². The van der Waals surface area contributed by atoms with Gasteiger partial charge in [-0.25, -0.2) is 17.6 Å². The average molecular weight is 1330 g/mol. The quantitative estimate of drug-likeness (QED) is 0.0461. The monoisotopic (exact) mass is 1330 g/mol. The van der Waals surface area contributed by atoms with Crippen molar-refractivity contribution >= 4 is 77.6 Å². The van der Waals surface area contributed by atoms with Gasteiger partial charge in [0.05, 0.1) is 22.5 Å². The average Bonchev–Trinajstić information content (AvgIpc) is 4.50. The van der Waals surface area contributed by atoms with Gasteiger partial charge in [0.25, 0.3) is 11.1 Å². The van der Waals surface area contributed by atoms with E-state index in [0.29, 0.717) is 41.8 Å². The van der Waals surface area contributed by atoms with Crippen LogP contribution in [-0.2, 0) is 24.2 Å². The van der Waals surface area contributed by atoms with Gasteiger partial charge in [-0.2, -0.15) is 43.9 Å². The number of hydrogen-bond donors (Lipinski definition) is 1. The minimum Gasteiger partial charge on any atom is -0.434 e. The van der Waals surface area contributed by atoms with E-state index >= 15 is 4.39 Å². The fraction of sp³-hybridized carbons (Fsp3) is 0.310. The van der Waals surface area contributed by atoms with Crippen molar-refractivity contribution in [1.82, 2.24) is 0 Å². The van der Waals surface area contributed by atoms with Crippen molar-refractivity contribution in [2.24, 2.45) is 11.8 Å². The van der Waals surface area contributed by atoms with Gasteiger partial charge in [-0.15, -0.1) is 0 Å². The summed E-state index contributed by atoms with van der Waals surface area (Å²) in [6, 6.07) is 27.2. The second kappa shape index (κ2) is 27.5. The second-order valence-corrected chi connectivity index (χ2v) is 21.4. The highest BCUT2D eigenvalue weighted by Crippen LogP contribution is 2.47. The van der Waals surface area contributed by atoms with E-state index in [1.807, 2.05) is 6.07 Å². The summed E-state index contributed by atoms with van der Waals surface area (Å²) in [6.45, 7) is -5.76. The fourth-order valence-electron chi connectivity index (χ4n) is 7.91. The highest BCUT2D eigenvalue weighted by Gasteiger charge is 2.55. The van der Waals surface area contributed by atoms with E-state index in [1.165, 1.54) is 35.2 Å². The van der Waals surface area contributed by atoms with Crippen LogP contribution in [0.1, 0.15) is 103 Å². The Labute approximate surface area is 487 Å². The van der Waals surface area contributed by atoms with Crippen molar-refractivity contribution in [3.8, 4) is 11.5 Å². The molecule has 6 aromatic rings. The summed E-state index contributed by atoms with van der Waals surface area (Å²) in [5, 5.41) is 2.51. The van der Waals surface area contributed by atoms with Gasteiger partial charge >= 0.3 is 25.6 Å². The molecule has 83 heavy (non-hydrogen) atoms. The molecule has 2 atom stereocenters. The second-order valence-electron chi connectivity index (χ2n) is 19.3. The van der Waals surface area contributed by atoms with Crippen LogP contribution in [0.3, 0.4) is 0 Å². The number of nitrogens with zero attached hydrogens (tertiary/aromatic N) is 1. The molecule has 0 saturated heterocycles. The van der Waals surface area contributed by atoms with E-state index in [0.717, 1.165) is 37.8 Å². The Morgan fingerprint density at radius 3 is 1.41 bits per heavy atom. The molecular weight excluding hydrogens is 1280 g/mol. The Hall–Kier alpha value is -6.53. The Balaban J connectivity index is 0.000000235. The van der Waals surface area contributed by atoms with E-state index in [2.05, 4.69) is 46.7 Å². The Morgan fingerprint density at radius 1 is 0.590 bits per heavy atom. The first-order valence-electron chi connectivity index (χ1n) is 24.9. The van der Waals surface area contributed by atoms with Crippen LogP contribution in [0.25, 0.3) is 0 Å². The molecule has 8 nitrogen and oxygen atoms in total. The van der Waals surface area contributed by atoms with Gasteiger partial charge in [0, 0.05) is 68.3 Å². The SMILES string of the molecule is CC(F)(c1cc(Br)c(CC(=O)c2cccc(N(CC3CC3)C(=O)c3ccccc3)c2F)c(OC(F)F)c1)C(F)(F)F.CC(F)(c1cc(Br)c(CC(=O)c2cccc(NCC3CC3)c2F)c(OC(F)F)c1)C(F)(F)F.O=C(Cl)c1ccccc1. The lowest BCUT2D eigenvalue weighted by Gasteiger charge is -2.26. The highest BCUT2D eigenvalue weighted by atomic mass is 79.9. The maximum Gasteiger partial charge on any atom is 0.426 e. The number of hydrogen-bond acceptors (Lipinski definition) is 7. The van der Waals surface area contributed by atoms with E-state index in [-0.39, 0.29) is 63.3 Å².